The molecule has 0 bridgehead atoms. The smallest absolute Gasteiger partial charge is 0.322 e. The molecule has 94 valence electrons. The van der Waals surface area contributed by atoms with Crippen LogP contribution in [0.25, 0.3) is 0 Å². The monoisotopic (exact) mass is 230 g/mol. The topological polar surface area (TPSA) is 50.8 Å². The summed E-state index contributed by atoms with van der Waals surface area (Å²) in [6, 6.07) is -0.205. The average molecular weight is 230 g/mol. The second-order valence-electron chi connectivity index (χ2n) is 4.14. The summed E-state index contributed by atoms with van der Waals surface area (Å²) in [5.74, 6) is -0.191. The Morgan fingerprint density at radius 3 is 3.00 bits per heavy atom. The van der Waals surface area contributed by atoms with Crippen molar-refractivity contribution in [2.75, 3.05) is 40.4 Å². The molecule has 1 heterocycles. The molecule has 0 aliphatic carbocycles. The van der Waals surface area contributed by atoms with Gasteiger partial charge in [-0.05, 0) is 20.4 Å². The molecule has 1 aliphatic heterocycles. The minimum Gasteiger partial charge on any atom is -0.468 e. The fraction of sp³-hybridized carbons (Fsp3) is 0.909. The molecule has 0 aromatic heterocycles. The Kier molecular flexibility index (Phi) is 5.73. The highest BCUT2D eigenvalue weighted by atomic mass is 16.5. The SMILES string of the molecule is CNC(CCN1CCOC(C)C1)C(=O)OC. The molecule has 0 amide bonds. The number of carbonyl (C=O) groups is 1. The van der Waals surface area contributed by atoms with Gasteiger partial charge in [0, 0.05) is 19.6 Å². The van der Waals surface area contributed by atoms with Gasteiger partial charge in [0.15, 0.2) is 0 Å². The van der Waals surface area contributed by atoms with Crippen molar-refractivity contribution in [1.29, 1.82) is 0 Å². The predicted octanol–water partition coefficient (Wildman–Crippen LogP) is -0.142. The van der Waals surface area contributed by atoms with Crippen LogP contribution in [0.4, 0.5) is 0 Å². The van der Waals surface area contributed by atoms with Gasteiger partial charge in [0.25, 0.3) is 0 Å². The lowest BCUT2D eigenvalue weighted by atomic mass is 10.2. The Balaban J connectivity index is 2.28. The van der Waals surface area contributed by atoms with Crippen molar-refractivity contribution in [3.05, 3.63) is 0 Å². The molecule has 0 saturated carbocycles. The molecule has 2 atom stereocenters. The van der Waals surface area contributed by atoms with Gasteiger partial charge in [-0.25, -0.2) is 0 Å². The molecule has 5 nitrogen and oxygen atoms in total. The molecule has 1 fully saturated rings. The lowest BCUT2D eigenvalue weighted by molar-refractivity contribution is -0.143. The molecular formula is C11H22N2O3. The third-order valence-corrected chi connectivity index (χ3v) is 2.89. The number of rotatable bonds is 5. The highest BCUT2D eigenvalue weighted by Gasteiger charge is 2.21. The number of morpholine rings is 1. The van der Waals surface area contributed by atoms with Gasteiger partial charge in [0.05, 0.1) is 19.8 Å². The summed E-state index contributed by atoms with van der Waals surface area (Å²) in [6.45, 7) is 5.64. The summed E-state index contributed by atoms with van der Waals surface area (Å²) in [4.78, 5) is 13.7. The van der Waals surface area contributed by atoms with E-state index >= 15 is 0 Å². The first kappa shape index (κ1) is 13.4. The van der Waals surface area contributed by atoms with E-state index in [0.29, 0.717) is 6.10 Å². The second kappa shape index (κ2) is 6.83. The van der Waals surface area contributed by atoms with E-state index in [-0.39, 0.29) is 12.0 Å². The fourth-order valence-electron chi connectivity index (χ4n) is 1.93. The normalized spacial score (nSPS) is 24.1. The van der Waals surface area contributed by atoms with Crippen LogP contribution in [-0.4, -0.2) is 63.4 Å². The van der Waals surface area contributed by atoms with Crippen molar-refractivity contribution in [2.45, 2.75) is 25.5 Å². The predicted molar refractivity (Wildman–Crippen MR) is 61.3 cm³/mol. The van der Waals surface area contributed by atoms with Crippen molar-refractivity contribution < 1.29 is 14.3 Å². The highest BCUT2D eigenvalue weighted by molar-refractivity contribution is 5.75. The molecule has 1 saturated heterocycles. The second-order valence-corrected chi connectivity index (χ2v) is 4.14. The minimum atomic E-state index is -0.205. The van der Waals surface area contributed by atoms with Crippen molar-refractivity contribution in [2.24, 2.45) is 0 Å². The van der Waals surface area contributed by atoms with Gasteiger partial charge in [0.2, 0.25) is 0 Å². The van der Waals surface area contributed by atoms with E-state index in [1.54, 1.807) is 7.05 Å². The van der Waals surface area contributed by atoms with Crippen LogP contribution in [-0.2, 0) is 14.3 Å². The first-order valence-electron chi connectivity index (χ1n) is 5.76. The van der Waals surface area contributed by atoms with E-state index in [2.05, 4.69) is 17.1 Å². The maximum atomic E-state index is 11.4. The van der Waals surface area contributed by atoms with Crippen LogP contribution in [0, 0.1) is 0 Å². The van der Waals surface area contributed by atoms with E-state index in [4.69, 9.17) is 9.47 Å². The van der Waals surface area contributed by atoms with Crippen LogP contribution in [0.1, 0.15) is 13.3 Å². The molecule has 0 spiro atoms. The maximum Gasteiger partial charge on any atom is 0.322 e. The zero-order valence-electron chi connectivity index (χ0n) is 10.4. The largest absolute Gasteiger partial charge is 0.468 e. The number of nitrogens with one attached hydrogen (secondary N) is 1. The van der Waals surface area contributed by atoms with Gasteiger partial charge in [-0.15, -0.1) is 0 Å². The zero-order valence-corrected chi connectivity index (χ0v) is 10.4. The van der Waals surface area contributed by atoms with Gasteiger partial charge in [0.1, 0.15) is 6.04 Å². The molecule has 0 aromatic rings. The number of likely N-dealkylation sites (N-methyl/N-ethyl adjacent to an activating group) is 1. The van der Waals surface area contributed by atoms with Gasteiger partial charge < -0.3 is 14.8 Å². The van der Waals surface area contributed by atoms with E-state index < -0.39 is 0 Å². The van der Waals surface area contributed by atoms with Gasteiger partial charge in [-0.1, -0.05) is 0 Å². The summed E-state index contributed by atoms with van der Waals surface area (Å²) in [5, 5.41) is 2.97. The Morgan fingerprint density at radius 1 is 1.69 bits per heavy atom. The number of ether oxygens (including phenoxy) is 2. The van der Waals surface area contributed by atoms with Crippen LogP contribution < -0.4 is 5.32 Å². The van der Waals surface area contributed by atoms with Gasteiger partial charge in [-0.2, -0.15) is 0 Å². The van der Waals surface area contributed by atoms with Gasteiger partial charge in [-0.3, -0.25) is 9.69 Å². The minimum absolute atomic E-state index is 0.191. The summed E-state index contributed by atoms with van der Waals surface area (Å²) < 4.78 is 10.2. The Labute approximate surface area is 97.1 Å². The summed E-state index contributed by atoms with van der Waals surface area (Å²) in [7, 11) is 3.20. The third kappa shape index (κ3) is 4.08. The van der Waals surface area contributed by atoms with Crippen molar-refractivity contribution >= 4 is 5.97 Å². The number of esters is 1. The molecule has 0 aromatic carbocycles. The Hall–Kier alpha value is -0.650. The van der Waals surface area contributed by atoms with Crippen LogP contribution in [0.2, 0.25) is 0 Å². The number of hydrogen-bond acceptors (Lipinski definition) is 5. The lowest BCUT2D eigenvalue weighted by Crippen LogP contribution is -2.44. The molecule has 1 aliphatic rings. The number of hydrogen-bond donors (Lipinski definition) is 1. The van der Waals surface area contributed by atoms with Crippen molar-refractivity contribution in [3.8, 4) is 0 Å². The van der Waals surface area contributed by atoms with Crippen LogP contribution in [0.3, 0.4) is 0 Å². The number of carbonyl (C=O) groups excluding carboxylic acids is 1. The number of nitrogens with zero attached hydrogens (tertiary/aromatic N) is 1. The third-order valence-electron chi connectivity index (χ3n) is 2.89. The van der Waals surface area contributed by atoms with E-state index in [1.807, 2.05) is 0 Å². The molecule has 5 heteroatoms. The molecule has 1 N–H and O–H groups in total. The summed E-state index contributed by atoms with van der Waals surface area (Å²) >= 11 is 0. The molecule has 16 heavy (non-hydrogen) atoms. The molecular weight excluding hydrogens is 208 g/mol. The molecule has 1 rings (SSSR count). The van der Waals surface area contributed by atoms with E-state index in [0.717, 1.165) is 32.7 Å². The van der Waals surface area contributed by atoms with Crippen molar-refractivity contribution in [1.82, 2.24) is 10.2 Å². The molecule has 2 unspecified atom stereocenters. The maximum absolute atomic E-state index is 11.4. The molecule has 0 radical (unpaired) electrons. The first-order chi connectivity index (χ1) is 7.67. The summed E-state index contributed by atoms with van der Waals surface area (Å²) in [5.41, 5.74) is 0. The van der Waals surface area contributed by atoms with Crippen LogP contribution in [0.5, 0.6) is 0 Å². The average Bonchev–Trinajstić information content (AvgIpc) is 2.29. The van der Waals surface area contributed by atoms with Crippen molar-refractivity contribution in [3.63, 3.8) is 0 Å². The first-order valence-corrected chi connectivity index (χ1v) is 5.76. The van der Waals surface area contributed by atoms with Crippen LogP contribution in [0.15, 0.2) is 0 Å². The van der Waals surface area contributed by atoms with E-state index in [9.17, 15) is 4.79 Å². The van der Waals surface area contributed by atoms with E-state index in [1.165, 1.54) is 7.11 Å². The zero-order chi connectivity index (χ0) is 12.0. The fourth-order valence-corrected chi connectivity index (χ4v) is 1.93. The quantitative estimate of drug-likeness (QED) is 0.666. The summed E-state index contributed by atoms with van der Waals surface area (Å²) in [6.07, 6.45) is 1.07. The highest BCUT2D eigenvalue weighted by Crippen LogP contribution is 2.06. The Bertz CT molecular complexity index is 223. The van der Waals surface area contributed by atoms with Crippen LogP contribution >= 0.6 is 0 Å². The Morgan fingerprint density at radius 2 is 2.44 bits per heavy atom. The van der Waals surface area contributed by atoms with Gasteiger partial charge >= 0.3 is 5.97 Å². The standard InChI is InChI=1S/C11H22N2O3/c1-9-8-13(6-7-16-9)5-4-10(12-2)11(14)15-3/h9-10,12H,4-8H2,1-3H3. The number of methoxy groups -OCH3 is 1. The lowest BCUT2D eigenvalue weighted by Gasteiger charge is -2.31.